The van der Waals surface area contributed by atoms with Crippen LogP contribution in [0, 0.1) is 0 Å². The first kappa shape index (κ1) is 25.1. The molecule has 0 amide bonds. The number of hydrogen-bond acceptors (Lipinski definition) is 2. The Morgan fingerprint density at radius 2 is 1.02 bits per heavy atom. The largest absolute Gasteiger partial charge is 0.308 e. The van der Waals surface area contributed by atoms with E-state index in [2.05, 4.69) is 169 Å². The van der Waals surface area contributed by atoms with Gasteiger partial charge in [-0.25, -0.2) is 0 Å². The summed E-state index contributed by atoms with van der Waals surface area (Å²) >= 11 is 1.88. The van der Waals surface area contributed by atoms with Crippen LogP contribution in [0.4, 0.5) is 17.1 Å². The van der Waals surface area contributed by atoms with Crippen molar-refractivity contribution in [2.24, 2.45) is 0 Å². The SMILES string of the molecule is c1ccc(-c2ccc(N(c3cc4ccccc4c4c3ccc3ccccc34)c3cccc4c3sc3ccccc34)cc2)cc1. The first-order valence-corrected chi connectivity index (χ1v) is 15.8. The van der Waals surface area contributed by atoms with E-state index >= 15 is 0 Å². The van der Waals surface area contributed by atoms with Crippen LogP contribution in [0.2, 0.25) is 0 Å². The number of hydrogen-bond donors (Lipinski definition) is 0. The Bertz CT molecular complexity index is 2470. The summed E-state index contributed by atoms with van der Waals surface area (Å²) in [6, 6.07) is 59.7. The van der Waals surface area contributed by atoms with E-state index in [4.69, 9.17) is 0 Å². The summed E-state index contributed by atoms with van der Waals surface area (Å²) in [7, 11) is 0. The minimum absolute atomic E-state index is 1.14. The molecule has 2 heteroatoms. The smallest absolute Gasteiger partial charge is 0.0640 e. The molecule has 0 aliphatic heterocycles. The zero-order valence-corrected chi connectivity index (χ0v) is 24.8. The Kier molecular flexibility index (Phi) is 5.75. The van der Waals surface area contributed by atoms with Crippen molar-refractivity contribution in [1.29, 1.82) is 0 Å². The fourth-order valence-corrected chi connectivity index (χ4v) is 7.99. The van der Waals surface area contributed by atoms with Crippen LogP contribution in [0.3, 0.4) is 0 Å². The lowest BCUT2D eigenvalue weighted by Crippen LogP contribution is -2.11. The highest BCUT2D eigenvalue weighted by molar-refractivity contribution is 7.26. The Hall–Kier alpha value is -5.44. The molecule has 44 heavy (non-hydrogen) atoms. The molecule has 0 spiro atoms. The summed E-state index contributed by atoms with van der Waals surface area (Å²) in [4.78, 5) is 2.48. The van der Waals surface area contributed by atoms with E-state index < -0.39 is 0 Å². The Balaban J connectivity index is 1.38. The third-order valence-electron chi connectivity index (χ3n) is 8.83. The van der Waals surface area contributed by atoms with Gasteiger partial charge < -0.3 is 4.90 Å². The van der Waals surface area contributed by atoms with E-state index in [0.29, 0.717) is 0 Å². The lowest BCUT2D eigenvalue weighted by molar-refractivity contribution is 1.32. The van der Waals surface area contributed by atoms with Crippen molar-refractivity contribution in [3.05, 3.63) is 164 Å². The van der Waals surface area contributed by atoms with E-state index in [9.17, 15) is 0 Å². The number of anilines is 3. The van der Waals surface area contributed by atoms with Crippen molar-refractivity contribution >= 4 is 80.9 Å². The number of fused-ring (bicyclic) bond motifs is 8. The predicted octanol–water partition coefficient (Wildman–Crippen LogP) is 12.7. The topological polar surface area (TPSA) is 3.24 Å². The van der Waals surface area contributed by atoms with Crippen LogP contribution in [0.25, 0.3) is 63.6 Å². The van der Waals surface area contributed by atoms with Crippen molar-refractivity contribution in [3.8, 4) is 11.1 Å². The zero-order chi connectivity index (χ0) is 29.0. The molecular weight excluding hydrogens is 551 g/mol. The molecule has 0 unspecified atom stereocenters. The minimum Gasteiger partial charge on any atom is -0.308 e. The summed E-state index contributed by atoms with van der Waals surface area (Å²) < 4.78 is 2.60. The molecule has 1 heterocycles. The van der Waals surface area contributed by atoms with Crippen molar-refractivity contribution in [1.82, 2.24) is 0 Å². The summed E-state index contributed by atoms with van der Waals surface area (Å²) in [5.74, 6) is 0. The molecule has 0 bridgehead atoms. The number of rotatable bonds is 4. The Labute approximate surface area is 259 Å². The third kappa shape index (κ3) is 3.92. The van der Waals surface area contributed by atoms with Crippen LogP contribution < -0.4 is 4.90 Å². The molecule has 206 valence electrons. The highest BCUT2D eigenvalue weighted by Gasteiger charge is 2.21. The first-order valence-electron chi connectivity index (χ1n) is 15.0. The highest BCUT2D eigenvalue weighted by Crippen LogP contribution is 2.48. The van der Waals surface area contributed by atoms with Crippen molar-refractivity contribution < 1.29 is 0 Å². The van der Waals surface area contributed by atoms with Gasteiger partial charge in [-0.1, -0.05) is 133 Å². The average Bonchev–Trinajstić information content (AvgIpc) is 3.48. The lowest BCUT2D eigenvalue weighted by atomic mass is 9.94. The van der Waals surface area contributed by atoms with Gasteiger partial charge in [0.05, 0.1) is 16.1 Å². The molecule has 0 saturated carbocycles. The molecule has 0 radical (unpaired) electrons. The zero-order valence-electron chi connectivity index (χ0n) is 23.9. The maximum absolute atomic E-state index is 2.48. The standard InChI is InChI=1S/C42H27NS/c1-2-11-28(12-3-1)29-21-24-32(25-22-29)43(38-19-10-18-36-35-17-8-9-20-40(35)44-42(36)38)39-27-31-14-5-7-16-34(31)41-33-15-6-4-13-30(33)23-26-37(39)41/h1-27H. The van der Waals surface area contributed by atoms with Crippen LogP contribution in [0.5, 0.6) is 0 Å². The van der Waals surface area contributed by atoms with Crippen LogP contribution in [-0.4, -0.2) is 0 Å². The van der Waals surface area contributed by atoms with Crippen LogP contribution in [0.15, 0.2) is 164 Å². The molecule has 0 N–H and O–H groups in total. The second-order valence-electron chi connectivity index (χ2n) is 11.3. The van der Waals surface area contributed by atoms with Crippen LogP contribution in [-0.2, 0) is 0 Å². The molecule has 9 rings (SSSR count). The number of nitrogens with zero attached hydrogens (tertiary/aromatic N) is 1. The quantitative estimate of drug-likeness (QED) is 0.188. The average molecular weight is 578 g/mol. The van der Waals surface area contributed by atoms with Gasteiger partial charge in [0.1, 0.15) is 0 Å². The molecule has 0 aliphatic rings. The minimum atomic E-state index is 1.14. The number of thiophene rings is 1. The van der Waals surface area contributed by atoms with Gasteiger partial charge in [-0.2, -0.15) is 0 Å². The van der Waals surface area contributed by atoms with Gasteiger partial charge in [-0.05, 0) is 68.4 Å². The first-order chi connectivity index (χ1) is 21.8. The van der Waals surface area contributed by atoms with Crippen LogP contribution >= 0.6 is 11.3 Å². The molecule has 0 aliphatic carbocycles. The summed E-state index contributed by atoms with van der Waals surface area (Å²) in [6.07, 6.45) is 0. The highest BCUT2D eigenvalue weighted by atomic mass is 32.1. The molecule has 0 atom stereocenters. The van der Waals surface area contributed by atoms with E-state index in [0.717, 1.165) is 5.69 Å². The van der Waals surface area contributed by atoms with Gasteiger partial charge in [0.25, 0.3) is 0 Å². The molecule has 1 aromatic heterocycles. The van der Waals surface area contributed by atoms with Gasteiger partial charge in [0.15, 0.2) is 0 Å². The van der Waals surface area contributed by atoms with E-state index in [1.807, 2.05) is 11.3 Å². The maximum Gasteiger partial charge on any atom is 0.0640 e. The Morgan fingerprint density at radius 3 is 1.84 bits per heavy atom. The molecule has 0 saturated heterocycles. The van der Waals surface area contributed by atoms with E-state index in [-0.39, 0.29) is 0 Å². The molecule has 1 nitrogen and oxygen atoms in total. The third-order valence-corrected chi connectivity index (χ3v) is 10.0. The normalized spacial score (nSPS) is 11.6. The fourth-order valence-electron chi connectivity index (χ4n) is 6.79. The van der Waals surface area contributed by atoms with Crippen molar-refractivity contribution in [2.75, 3.05) is 4.90 Å². The lowest BCUT2D eigenvalue weighted by Gasteiger charge is -2.28. The summed E-state index contributed by atoms with van der Waals surface area (Å²) in [5.41, 5.74) is 5.95. The summed E-state index contributed by atoms with van der Waals surface area (Å²) in [6.45, 7) is 0. The van der Waals surface area contributed by atoms with Crippen LogP contribution in [0.1, 0.15) is 0 Å². The molecular formula is C42H27NS. The maximum atomic E-state index is 2.48. The molecule has 9 aromatic rings. The van der Waals surface area contributed by atoms with Gasteiger partial charge in [0.2, 0.25) is 0 Å². The number of benzene rings is 8. The second kappa shape index (κ2) is 10.1. The van der Waals surface area contributed by atoms with Gasteiger partial charge in [0, 0.05) is 26.5 Å². The summed E-state index contributed by atoms with van der Waals surface area (Å²) in [5, 5.41) is 10.2. The van der Waals surface area contributed by atoms with Gasteiger partial charge in [-0.15, -0.1) is 11.3 Å². The monoisotopic (exact) mass is 577 g/mol. The van der Waals surface area contributed by atoms with E-state index in [1.54, 1.807) is 0 Å². The van der Waals surface area contributed by atoms with Gasteiger partial charge in [-0.3, -0.25) is 0 Å². The predicted molar refractivity (Wildman–Crippen MR) is 192 cm³/mol. The molecule has 8 aromatic carbocycles. The van der Waals surface area contributed by atoms with Crippen molar-refractivity contribution in [2.45, 2.75) is 0 Å². The molecule has 0 fully saturated rings. The van der Waals surface area contributed by atoms with E-state index in [1.165, 1.54) is 75.0 Å². The fraction of sp³-hybridized carbons (Fsp3) is 0. The van der Waals surface area contributed by atoms with Crippen molar-refractivity contribution in [3.63, 3.8) is 0 Å². The van der Waals surface area contributed by atoms with Gasteiger partial charge >= 0.3 is 0 Å². The second-order valence-corrected chi connectivity index (χ2v) is 12.4. The Morgan fingerprint density at radius 1 is 0.386 bits per heavy atom.